The molecule has 0 bridgehead atoms. The van der Waals surface area contributed by atoms with E-state index in [1.54, 1.807) is 43.5 Å². The summed E-state index contributed by atoms with van der Waals surface area (Å²) in [5, 5.41) is 9.42. The van der Waals surface area contributed by atoms with Crippen LogP contribution in [0.1, 0.15) is 65.2 Å². The Labute approximate surface area is 390 Å². The number of hydrogen-bond donors (Lipinski definition) is 1. The SMILES string of the molecule is CC=C1CC2C=Nc3cc(OCc4cc(OCCN(CCOCCOCCOC)CCC(=O)O)cc(COc5cc6c(cc5OC)C(=O)N5CC(=CC)CC5C=N6)n4)c(OC)cc3C(=O)N2C1. The number of allylic oxidation sites excluding steroid dienone is 2. The lowest BCUT2D eigenvalue weighted by molar-refractivity contribution is -0.137. The molecule has 0 saturated carbocycles. The molecule has 2 unspecified atom stereocenters. The van der Waals surface area contributed by atoms with Gasteiger partial charge in [-0.1, -0.05) is 23.3 Å². The van der Waals surface area contributed by atoms with Gasteiger partial charge in [0.1, 0.15) is 25.6 Å². The van der Waals surface area contributed by atoms with E-state index in [1.807, 2.05) is 53.1 Å². The third kappa shape index (κ3) is 12.4. The molecular formula is C49H60N6O12. The fourth-order valence-electron chi connectivity index (χ4n) is 8.22. The number of rotatable bonds is 24. The normalized spacial score (nSPS) is 18.5. The third-order valence-electron chi connectivity index (χ3n) is 12.0. The van der Waals surface area contributed by atoms with Gasteiger partial charge in [0.2, 0.25) is 0 Å². The fraction of sp³-hybridized carbons (Fsp3) is 0.469. The first-order valence-corrected chi connectivity index (χ1v) is 22.5. The number of methoxy groups -OCH3 is 3. The van der Waals surface area contributed by atoms with Crippen molar-refractivity contribution in [2.24, 2.45) is 9.98 Å². The van der Waals surface area contributed by atoms with Crippen molar-refractivity contribution in [1.82, 2.24) is 19.7 Å². The molecule has 1 aromatic heterocycles. The number of amides is 2. The van der Waals surface area contributed by atoms with Crippen molar-refractivity contribution in [2.45, 2.75) is 58.4 Å². The minimum atomic E-state index is -0.900. The van der Waals surface area contributed by atoms with Crippen LogP contribution < -0.4 is 23.7 Å². The Hall–Kier alpha value is -6.34. The standard InChI is InChI=1S/C49H60N6O12/c1-6-32-18-36-26-50-41-24-45(43(61-4)22-39(41)48(58)54(36)28-32)66-30-34-20-38(65-13-11-53(9-8-47(56)57)10-12-63-16-17-64-15-14-60-3)21-35(52-34)31-67-46-25-42-40(23-44(46)62-5)49(59)55-29-33(7-2)19-37(55)27-51-42/h6-7,20-27,36-37H,8-19,28-31H2,1-5H3,(H,56,57). The first-order chi connectivity index (χ1) is 32.6. The first-order valence-electron chi connectivity index (χ1n) is 22.5. The van der Waals surface area contributed by atoms with Gasteiger partial charge < -0.3 is 52.8 Å². The van der Waals surface area contributed by atoms with Crippen molar-refractivity contribution in [3.8, 4) is 28.7 Å². The molecule has 3 aromatic rings. The minimum absolute atomic E-state index is 0.0146. The van der Waals surface area contributed by atoms with E-state index in [-0.39, 0.29) is 50.1 Å². The number of aliphatic carboxylic acids is 1. The van der Waals surface area contributed by atoms with Crippen LogP contribution in [0.25, 0.3) is 0 Å². The lowest BCUT2D eigenvalue weighted by atomic mass is 10.1. The second-order valence-electron chi connectivity index (χ2n) is 16.3. The molecule has 18 heteroatoms. The van der Waals surface area contributed by atoms with Gasteiger partial charge in [-0.15, -0.1) is 0 Å². The van der Waals surface area contributed by atoms with E-state index in [0.29, 0.717) is 128 Å². The molecule has 358 valence electrons. The van der Waals surface area contributed by atoms with Crippen LogP contribution in [0, 0.1) is 0 Å². The van der Waals surface area contributed by atoms with E-state index in [0.717, 1.165) is 12.8 Å². The molecule has 2 saturated heterocycles. The molecule has 0 spiro atoms. The number of benzene rings is 2. The molecule has 1 N–H and O–H groups in total. The van der Waals surface area contributed by atoms with Crippen LogP contribution in [-0.2, 0) is 32.2 Å². The molecule has 7 rings (SSSR count). The van der Waals surface area contributed by atoms with Crippen LogP contribution in [0.2, 0.25) is 0 Å². The number of fused-ring (bicyclic) bond motifs is 4. The average molecular weight is 925 g/mol. The highest BCUT2D eigenvalue weighted by molar-refractivity contribution is 6.04. The first kappa shape index (κ1) is 48.6. The van der Waals surface area contributed by atoms with E-state index < -0.39 is 5.97 Å². The molecule has 18 nitrogen and oxygen atoms in total. The number of carbonyl (C=O) groups is 3. The van der Waals surface area contributed by atoms with Crippen LogP contribution in [0.15, 0.2) is 69.7 Å². The zero-order valence-corrected chi connectivity index (χ0v) is 38.9. The predicted octanol–water partition coefficient (Wildman–Crippen LogP) is 5.85. The summed E-state index contributed by atoms with van der Waals surface area (Å²) in [5.74, 6) is 0.807. The summed E-state index contributed by atoms with van der Waals surface area (Å²) in [6.07, 6.45) is 9.15. The fourth-order valence-corrected chi connectivity index (χ4v) is 8.22. The van der Waals surface area contributed by atoms with Crippen molar-refractivity contribution in [2.75, 3.05) is 93.7 Å². The number of carboxylic acids is 1. The predicted molar refractivity (Wildman–Crippen MR) is 249 cm³/mol. The van der Waals surface area contributed by atoms with Gasteiger partial charge >= 0.3 is 5.97 Å². The minimum Gasteiger partial charge on any atom is -0.493 e. The number of hydrogen-bond acceptors (Lipinski definition) is 15. The summed E-state index contributed by atoms with van der Waals surface area (Å²) in [4.78, 5) is 58.8. The number of aromatic nitrogens is 1. The Morgan fingerprint density at radius 1 is 0.672 bits per heavy atom. The van der Waals surface area contributed by atoms with Gasteiger partial charge in [0.25, 0.3) is 11.8 Å². The van der Waals surface area contributed by atoms with Crippen molar-refractivity contribution in [3.05, 3.63) is 82.2 Å². The number of carbonyl (C=O) groups excluding carboxylic acids is 2. The second kappa shape index (κ2) is 23.4. The number of ether oxygens (including phenoxy) is 8. The zero-order valence-electron chi connectivity index (χ0n) is 38.9. The number of nitrogens with zero attached hydrogens (tertiary/aromatic N) is 6. The van der Waals surface area contributed by atoms with E-state index in [1.165, 1.54) is 25.4 Å². The molecule has 4 aliphatic rings. The van der Waals surface area contributed by atoms with Crippen molar-refractivity contribution in [3.63, 3.8) is 0 Å². The lowest BCUT2D eigenvalue weighted by Crippen LogP contribution is -2.35. The Morgan fingerprint density at radius 3 is 1.67 bits per heavy atom. The van der Waals surface area contributed by atoms with Crippen molar-refractivity contribution >= 4 is 41.6 Å². The summed E-state index contributed by atoms with van der Waals surface area (Å²) < 4.78 is 46.7. The van der Waals surface area contributed by atoms with Crippen LogP contribution >= 0.6 is 0 Å². The number of carboxylic acid groups (broad SMARTS) is 1. The van der Waals surface area contributed by atoms with E-state index in [4.69, 9.17) is 52.9 Å². The summed E-state index contributed by atoms with van der Waals surface area (Å²) in [6.45, 7) is 8.66. The molecular weight excluding hydrogens is 865 g/mol. The van der Waals surface area contributed by atoms with Crippen LogP contribution in [-0.4, -0.2) is 161 Å². The maximum absolute atomic E-state index is 13.7. The maximum Gasteiger partial charge on any atom is 0.304 e. The monoisotopic (exact) mass is 924 g/mol. The van der Waals surface area contributed by atoms with Crippen LogP contribution in [0.4, 0.5) is 11.4 Å². The molecule has 0 radical (unpaired) electrons. The van der Waals surface area contributed by atoms with Gasteiger partial charge in [-0.2, -0.15) is 0 Å². The average Bonchev–Trinajstić information content (AvgIpc) is 3.91. The van der Waals surface area contributed by atoms with Gasteiger partial charge in [0.15, 0.2) is 23.0 Å². The molecule has 5 heterocycles. The summed E-state index contributed by atoms with van der Waals surface area (Å²) in [5.41, 5.74) is 5.19. The highest BCUT2D eigenvalue weighted by atomic mass is 16.5. The van der Waals surface area contributed by atoms with Crippen LogP contribution in [0.3, 0.4) is 0 Å². The Bertz CT molecular complexity index is 2250. The summed E-state index contributed by atoms with van der Waals surface area (Å²) in [7, 11) is 4.65. The van der Waals surface area contributed by atoms with Crippen LogP contribution in [0.5, 0.6) is 28.7 Å². The van der Waals surface area contributed by atoms with Gasteiger partial charge in [-0.25, -0.2) is 0 Å². The van der Waals surface area contributed by atoms with Gasteiger partial charge in [0.05, 0.1) is 99.6 Å². The quantitative estimate of drug-likeness (QED) is 0.0832. The second-order valence-corrected chi connectivity index (χ2v) is 16.3. The summed E-state index contributed by atoms with van der Waals surface area (Å²) >= 11 is 0. The Balaban J connectivity index is 1.09. The van der Waals surface area contributed by atoms with Crippen molar-refractivity contribution < 1.29 is 57.4 Å². The molecule has 2 amide bonds. The van der Waals surface area contributed by atoms with Crippen molar-refractivity contribution in [1.29, 1.82) is 0 Å². The number of pyridine rings is 1. The number of aliphatic imine (C=N–C) groups is 2. The largest absolute Gasteiger partial charge is 0.493 e. The van der Waals surface area contributed by atoms with E-state index in [2.05, 4.69) is 0 Å². The van der Waals surface area contributed by atoms with Gasteiger partial charge in [-0.05, 0) is 38.8 Å². The van der Waals surface area contributed by atoms with E-state index in [9.17, 15) is 19.5 Å². The highest BCUT2D eigenvalue weighted by Crippen LogP contribution is 2.41. The Morgan fingerprint density at radius 2 is 1.18 bits per heavy atom. The van der Waals surface area contributed by atoms with Gasteiger partial charge in [0, 0.05) is 76.5 Å². The Kier molecular flexibility index (Phi) is 17.0. The van der Waals surface area contributed by atoms with Gasteiger partial charge in [-0.3, -0.25) is 34.3 Å². The topological polar surface area (TPSA) is 193 Å². The zero-order chi connectivity index (χ0) is 47.3. The van der Waals surface area contributed by atoms with E-state index >= 15 is 0 Å². The molecule has 4 aliphatic heterocycles. The summed E-state index contributed by atoms with van der Waals surface area (Å²) in [6, 6.07) is 10.0. The maximum atomic E-state index is 13.7. The molecule has 2 fully saturated rings. The highest BCUT2D eigenvalue weighted by Gasteiger charge is 2.36. The molecule has 2 aromatic carbocycles. The third-order valence-corrected chi connectivity index (χ3v) is 12.0. The molecule has 2 atom stereocenters. The lowest BCUT2D eigenvalue weighted by Gasteiger charge is -2.22. The molecule has 0 aliphatic carbocycles. The smallest absolute Gasteiger partial charge is 0.304 e. The molecule has 67 heavy (non-hydrogen) atoms.